The van der Waals surface area contributed by atoms with E-state index in [4.69, 9.17) is 9.47 Å². The molecule has 0 atom stereocenters. The third-order valence-corrected chi connectivity index (χ3v) is 3.51. The van der Waals surface area contributed by atoms with Crippen LogP contribution in [0.3, 0.4) is 0 Å². The van der Waals surface area contributed by atoms with E-state index >= 15 is 0 Å². The summed E-state index contributed by atoms with van der Waals surface area (Å²) in [6.45, 7) is -0.475. The van der Waals surface area contributed by atoms with Gasteiger partial charge in [0.15, 0.2) is 6.61 Å². The van der Waals surface area contributed by atoms with Crippen molar-refractivity contribution in [1.29, 1.82) is 0 Å². The molecular weight excluding hydrogens is 349 g/mol. The number of rotatable bonds is 6. The van der Waals surface area contributed by atoms with Gasteiger partial charge < -0.3 is 14.8 Å². The van der Waals surface area contributed by atoms with Gasteiger partial charge in [0.25, 0.3) is 5.91 Å². The van der Waals surface area contributed by atoms with Gasteiger partial charge in [-0.25, -0.2) is 9.18 Å². The number of nitrogens with one attached hydrogen (secondary N) is 1. The Morgan fingerprint density at radius 3 is 2.26 bits per heavy atom. The van der Waals surface area contributed by atoms with Gasteiger partial charge in [-0.1, -0.05) is 24.3 Å². The number of carbonyl (C=O) groups is 2. The number of hydrogen-bond acceptors (Lipinski definition) is 4. The van der Waals surface area contributed by atoms with E-state index in [-0.39, 0.29) is 5.56 Å². The number of amides is 1. The molecule has 0 spiro atoms. The summed E-state index contributed by atoms with van der Waals surface area (Å²) in [6, 6.07) is 21.1. The predicted octanol–water partition coefficient (Wildman–Crippen LogP) is 4.41. The highest BCUT2D eigenvalue weighted by Gasteiger charge is 2.11. The Balaban J connectivity index is 1.50. The molecule has 0 radical (unpaired) electrons. The molecule has 1 N–H and O–H groups in total. The van der Waals surface area contributed by atoms with E-state index in [0.717, 1.165) is 6.07 Å². The van der Waals surface area contributed by atoms with Crippen molar-refractivity contribution in [1.82, 2.24) is 0 Å². The maximum absolute atomic E-state index is 13.1. The number of hydrogen-bond donors (Lipinski definition) is 1. The first kappa shape index (κ1) is 18.1. The van der Waals surface area contributed by atoms with Crippen molar-refractivity contribution in [3.05, 3.63) is 90.2 Å². The zero-order chi connectivity index (χ0) is 19.1. The average molecular weight is 365 g/mol. The van der Waals surface area contributed by atoms with Crippen LogP contribution in [0.15, 0.2) is 78.9 Å². The molecule has 3 aromatic carbocycles. The first-order chi connectivity index (χ1) is 13.1. The molecule has 136 valence electrons. The summed E-state index contributed by atoms with van der Waals surface area (Å²) < 4.78 is 23.6. The van der Waals surface area contributed by atoms with Crippen molar-refractivity contribution in [2.75, 3.05) is 11.9 Å². The maximum Gasteiger partial charge on any atom is 0.338 e. The third-order valence-electron chi connectivity index (χ3n) is 3.51. The molecule has 3 rings (SSSR count). The van der Waals surface area contributed by atoms with Crippen LogP contribution >= 0.6 is 0 Å². The summed E-state index contributed by atoms with van der Waals surface area (Å²) in [7, 11) is 0. The lowest BCUT2D eigenvalue weighted by Gasteiger charge is -2.08. The Morgan fingerprint density at radius 1 is 0.852 bits per heavy atom. The van der Waals surface area contributed by atoms with Crippen molar-refractivity contribution < 1.29 is 23.5 Å². The molecule has 0 aliphatic carbocycles. The Labute approximate surface area is 155 Å². The number of carbonyl (C=O) groups excluding carboxylic acids is 2. The van der Waals surface area contributed by atoms with Gasteiger partial charge in [-0.15, -0.1) is 0 Å². The average Bonchev–Trinajstić information content (AvgIpc) is 2.68. The van der Waals surface area contributed by atoms with Gasteiger partial charge in [0.05, 0.1) is 5.56 Å². The molecule has 0 heterocycles. The molecule has 0 aromatic heterocycles. The molecule has 0 fully saturated rings. The topological polar surface area (TPSA) is 64.6 Å². The SMILES string of the molecule is O=C(COC(=O)c1cccc(F)c1)Nc1ccc(Oc2ccccc2)cc1. The van der Waals surface area contributed by atoms with Crippen LogP contribution in [0.2, 0.25) is 0 Å². The minimum absolute atomic E-state index is 0.0465. The molecule has 1 amide bonds. The standard InChI is InChI=1S/C21H16FNO4/c22-16-6-4-5-15(13-16)21(25)26-14-20(24)23-17-9-11-19(12-10-17)27-18-7-2-1-3-8-18/h1-13H,14H2,(H,23,24). The molecular formula is C21H16FNO4. The fourth-order valence-corrected chi connectivity index (χ4v) is 2.26. The van der Waals surface area contributed by atoms with Gasteiger partial charge in [0.1, 0.15) is 17.3 Å². The van der Waals surface area contributed by atoms with Gasteiger partial charge in [-0.05, 0) is 54.6 Å². The van der Waals surface area contributed by atoms with Crippen molar-refractivity contribution in [3.8, 4) is 11.5 Å². The Kier molecular flexibility index (Phi) is 5.79. The van der Waals surface area contributed by atoms with E-state index in [2.05, 4.69) is 5.32 Å². The fraction of sp³-hybridized carbons (Fsp3) is 0.0476. The molecule has 5 nitrogen and oxygen atoms in total. The minimum atomic E-state index is -0.767. The minimum Gasteiger partial charge on any atom is -0.457 e. The van der Waals surface area contributed by atoms with Gasteiger partial charge in [0.2, 0.25) is 0 Å². The van der Waals surface area contributed by atoms with E-state index in [1.54, 1.807) is 24.3 Å². The van der Waals surface area contributed by atoms with E-state index in [1.807, 2.05) is 30.3 Å². The summed E-state index contributed by atoms with van der Waals surface area (Å²) in [6.07, 6.45) is 0. The van der Waals surface area contributed by atoms with E-state index in [1.165, 1.54) is 18.2 Å². The second-order valence-corrected chi connectivity index (χ2v) is 5.57. The van der Waals surface area contributed by atoms with Crippen molar-refractivity contribution in [3.63, 3.8) is 0 Å². The first-order valence-electron chi connectivity index (χ1n) is 8.16. The van der Waals surface area contributed by atoms with Crippen LogP contribution < -0.4 is 10.1 Å². The van der Waals surface area contributed by atoms with Crippen LogP contribution in [-0.2, 0) is 9.53 Å². The highest BCUT2D eigenvalue weighted by Crippen LogP contribution is 2.22. The lowest BCUT2D eigenvalue weighted by atomic mass is 10.2. The van der Waals surface area contributed by atoms with E-state index in [0.29, 0.717) is 17.2 Å². The lowest BCUT2D eigenvalue weighted by Crippen LogP contribution is -2.20. The Hall–Kier alpha value is -3.67. The summed E-state index contributed by atoms with van der Waals surface area (Å²) in [5.41, 5.74) is 0.576. The van der Waals surface area contributed by atoms with Crippen LogP contribution in [0.1, 0.15) is 10.4 Å². The highest BCUT2D eigenvalue weighted by atomic mass is 19.1. The summed E-state index contributed by atoms with van der Waals surface area (Å²) >= 11 is 0. The second kappa shape index (κ2) is 8.62. The molecule has 0 aliphatic heterocycles. The summed E-state index contributed by atoms with van der Waals surface area (Å²) in [4.78, 5) is 23.7. The van der Waals surface area contributed by atoms with Crippen molar-refractivity contribution in [2.24, 2.45) is 0 Å². The molecule has 0 unspecified atom stereocenters. The molecule has 3 aromatic rings. The smallest absolute Gasteiger partial charge is 0.338 e. The molecule has 27 heavy (non-hydrogen) atoms. The molecule has 0 aliphatic rings. The number of halogens is 1. The number of para-hydroxylation sites is 1. The van der Waals surface area contributed by atoms with Gasteiger partial charge in [0, 0.05) is 5.69 Å². The predicted molar refractivity (Wildman–Crippen MR) is 98.3 cm³/mol. The Bertz CT molecular complexity index is 926. The zero-order valence-electron chi connectivity index (χ0n) is 14.2. The number of ether oxygens (including phenoxy) is 2. The largest absolute Gasteiger partial charge is 0.457 e. The van der Waals surface area contributed by atoms with E-state index in [9.17, 15) is 14.0 Å². The normalized spacial score (nSPS) is 10.1. The lowest BCUT2D eigenvalue weighted by molar-refractivity contribution is -0.119. The molecule has 0 saturated carbocycles. The van der Waals surface area contributed by atoms with Crippen molar-refractivity contribution in [2.45, 2.75) is 0 Å². The number of esters is 1. The maximum atomic E-state index is 13.1. The van der Waals surface area contributed by atoms with Crippen LogP contribution in [-0.4, -0.2) is 18.5 Å². The second-order valence-electron chi connectivity index (χ2n) is 5.57. The third kappa shape index (κ3) is 5.40. The molecule has 0 saturated heterocycles. The van der Waals surface area contributed by atoms with Gasteiger partial charge in [-0.2, -0.15) is 0 Å². The zero-order valence-corrected chi connectivity index (χ0v) is 14.2. The summed E-state index contributed by atoms with van der Waals surface area (Å²) in [5, 5.41) is 2.61. The monoisotopic (exact) mass is 365 g/mol. The number of benzene rings is 3. The molecule has 6 heteroatoms. The van der Waals surface area contributed by atoms with Gasteiger partial charge >= 0.3 is 5.97 Å². The van der Waals surface area contributed by atoms with Crippen molar-refractivity contribution >= 4 is 17.6 Å². The number of anilines is 1. The van der Waals surface area contributed by atoms with Crippen LogP contribution in [0.25, 0.3) is 0 Å². The summed E-state index contributed by atoms with van der Waals surface area (Å²) in [5.74, 6) is -0.491. The fourth-order valence-electron chi connectivity index (χ4n) is 2.26. The van der Waals surface area contributed by atoms with Crippen LogP contribution in [0.5, 0.6) is 11.5 Å². The Morgan fingerprint density at radius 2 is 1.56 bits per heavy atom. The van der Waals surface area contributed by atoms with Crippen LogP contribution in [0.4, 0.5) is 10.1 Å². The quantitative estimate of drug-likeness (QED) is 0.657. The molecule has 0 bridgehead atoms. The first-order valence-corrected chi connectivity index (χ1v) is 8.16. The van der Waals surface area contributed by atoms with Gasteiger partial charge in [-0.3, -0.25) is 4.79 Å². The van der Waals surface area contributed by atoms with E-state index < -0.39 is 24.3 Å². The highest BCUT2D eigenvalue weighted by molar-refractivity contribution is 5.95. The van der Waals surface area contributed by atoms with Crippen LogP contribution in [0, 0.1) is 5.82 Å².